The molecule has 0 radical (unpaired) electrons. The predicted octanol–water partition coefficient (Wildman–Crippen LogP) is 2.37. The summed E-state index contributed by atoms with van der Waals surface area (Å²) in [4.78, 5) is 15.8. The molecule has 0 spiro atoms. The van der Waals surface area contributed by atoms with Crippen LogP contribution in [-0.2, 0) is 4.79 Å². The quantitative estimate of drug-likeness (QED) is 0.711. The summed E-state index contributed by atoms with van der Waals surface area (Å²) in [6, 6.07) is 0. The third-order valence-electron chi connectivity index (χ3n) is 3.66. The second-order valence-corrected chi connectivity index (χ2v) is 5.25. The van der Waals surface area contributed by atoms with Gasteiger partial charge in [0.05, 0.1) is 0 Å². The van der Waals surface area contributed by atoms with Gasteiger partial charge in [-0.1, -0.05) is 13.8 Å². The number of nitrogens with zero attached hydrogens (tertiary/aromatic N) is 2. The predicted molar refractivity (Wildman–Crippen MR) is 72.0 cm³/mol. The Bertz CT molecular complexity index is 216. The SMILES string of the molecule is CCCN(CCC)CC1CCN(C(C)=O)CC1. The Balaban J connectivity index is 2.30. The maximum atomic E-state index is 11.2. The summed E-state index contributed by atoms with van der Waals surface area (Å²) in [5.41, 5.74) is 0. The van der Waals surface area contributed by atoms with Crippen LogP contribution in [-0.4, -0.2) is 48.4 Å². The Kier molecular flexibility index (Phi) is 6.56. The number of carbonyl (C=O) groups is 1. The second-order valence-electron chi connectivity index (χ2n) is 5.25. The lowest BCUT2D eigenvalue weighted by Gasteiger charge is -2.34. The van der Waals surface area contributed by atoms with Crippen LogP contribution in [0.1, 0.15) is 46.5 Å². The maximum absolute atomic E-state index is 11.2. The van der Waals surface area contributed by atoms with Crippen molar-refractivity contribution in [3.05, 3.63) is 0 Å². The number of rotatable bonds is 6. The molecule has 1 aliphatic heterocycles. The normalized spacial score (nSPS) is 17.8. The molecule has 1 rings (SSSR count). The smallest absolute Gasteiger partial charge is 0.219 e. The van der Waals surface area contributed by atoms with E-state index in [9.17, 15) is 4.79 Å². The molecule has 0 N–H and O–H groups in total. The molecule has 1 saturated heterocycles. The highest BCUT2D eigenvalue weighted by atomic mass is 16.2. The van der Waals surface area contributed by atoms with Gasteiger partial charge in [-0.2, -0.15) is 0 Å². The molecule has 0 aromatic rings. The van der Waals surface area contributed by atoms with Crippen LogP contribution in [0.3, 0.4) is 0 Å². The Morgan fingerprint density at radius 1 is 1.18 bits per heavy atom. The highest BCUT2D eigenvalue weighted by molar-refractivity contribution is 5.73. The molecule has 100 valence electrons. The van der Waals surface area contributed by atoms with E-state index < -0.39 is 0 Å². The fourth-order valence-corrected chi connectivity index (χ4v) is 2.72. The third-order valence-corrected chi connectivity index (χ3v) is 3.66. The zero-order valence-electron chi connectivity index (χ0n) is 11.7. The molecule has 17 heavy (non-hydrogen) atoms. The Labute approximate surface area is 106 Å². The van der Waals surface area contributed by atoms with E-state index in [-0.39, 0.29) is 5.91 Å². The van der Waals surface area contributed by atoms with Gasteiger partial charge in [0.15, 0.2) is 0 Å². The number of hydrogen-bond acceptors (Lipinski definition) is 2. The van der Waals surface area contributed by atoms with E-state index in [1.165, 1.54) is 45.3 Å². The largest absolute Gasteiger partial charge is 0.343 e. The first kappa shape index (κ1) is 14.5. The van der Waals surface area contributed by atoms with Gasteiger partial charge in [-0.25, -0.2) is 0 Å². The molecule has 0 aromatic heterocycles. The van der Waals surface area contributed by atoms with Gasteiger partial charge in [-0.15, -0.1) is 0 Å². The van der Waals surface area contributed by atoms with Gasteiger partial charge in [0, 0.05) is 26.6 Å². The molecule has 1 fully saturated rings. The lowest BCUT2D eigenvalue weighted by molar-refractivity contribution is -0.130. The van der Waals surface area contributed by atoms with Gasteiger partial charge in [-0.3, -0.25) is 4.79 Å². The van der Waals surface area contributed by atoms with Crippen molar-refractivity contribution < 1.29 is 4.79 Å². The summed E-state index contributed by atoms with van der Waals surface area (Å²) in [7, 11) is 0. The van der Waals surface area contributed by atoms with Crippen molar-refractivity contribution in [2.75, 3.05) is 32.7 Å². The van der Waals surface area contributed by atoms with Crippen molar-refractivity contribution in [3.8, 4) is 0 Å². The molecule has 1 amide bonds. The fraction of sp³-hybridized carbons (Fsp3) is 0.929. The average Bonchev–Trinajstić information content (AvgIpc) is 2.30. The van der Waals surface area contributed by atoms with Crippen LogP contribution in [0, 0.1) is 5.92 Å². The van der Waals surface area contributed by atoms with Gasteiger partial charge in [0.1, 0.15) is 0 Å². The van der Waals surface area contributed by atoms with E-state index in [2.05, 4.69) is 18.7 Å². The minimum Gasteiger partial charge on any atom is -0.343 e. The molecule has 0 unspecified atom stereocenters. The first-order chi connectivity index (χ1) is 8.17. The first-order valence-corrected chi connectivity index (χ1v) is 7.15. The zero-order chi connectivity index (χ0) is 12.7. The van der Waals surface area contributed by atoms with Crippen molar-refractivity contribution in [1.82, 2.24) is 9.80 Å². The van der Waals surface area contributed by atoms with Gasteiger partial charge < -0.3 is 9.80 Å². The standard InChI is InChI=1S/C14H28N2O/c1-4-8-15(9-5-2)12-14-6-10-16(11-7-14)13(3)17/h14H,4-12H2,1-3H3. The zero-order valence-corrected chi connectivity index (χ0v) is 11.7. The van der Waals surface area contributed by atoms with Crippen molar-refractivity contribution >= 4 is 5.91 Å². The van der Waals surface area contributed by atoms with Gasteiger partial charge in [-0.05, 0) is 44.7 Å². The second kappa shape index (κ2) is 7.70. The summed E-state index contributed by atoms with van der Waals surface area (Å²) >= 11 is 0. The molecule has 0 atom stereocenters. The number of likely N-dealkylation sites (tertiary alicyclic amines) is 1. The van der Waals surface area contributed by atoms with Crippen LogP contribution in [0.5, 0.6) is 0 Å². The summed E-state index contributed by atoms with van der Waals surface area (Å²) in [5.74, 6) is 1.03. The highest BCUT2D eigenvalue weighted by Gasteiger charge is 2.22. The summed E-state index contributed by atoms with van der Waals surface area (Å²) in [6.07, 6.45) is 4.85. The van der Waals surface area contributed by atoms with Crippen molar-refractivity contribution in [2.45, 2.75) is 46.5 Å². The molecule has 0 bridgehead atoms. The molecule has 1 heterocycles. The lowest BCUT2D eigenvalue weighted by atomic mass is 9.96. The van der Waals surface area contributed by atoms with Crippen LogP contribution in [0.4, 0.5) is 0 Å². The molecule has 0 aliphatic carbocycles. The molecule has 0 aromatic carbocycles. The lowest BCUT2D eigenvalue weighted by Crippen LogP contribution is -2.41. The van der Waals surface area contributed by atoms with Crippen LogP contribution < -0.4 is 0 Å². The van der Waals surface area contributed by atoms with E-state index in [1.54, 1.807) is 6.92 Å². The number of hydrogen-bond donors (Lipinski definition) is 0. The molecule has 3 heteroatoms. The van der Waals surface area contributed by atoms with Crippen molar-refractivity contribution in [2.24, 2.45) is 5.92 Å². The molecule has 0 saturated carbocycles. The summed E-state index contributed by atoms with van der Waals surface area (Å²) in [5, 5.41) is 0. The van der Waals surface area contributed by atoms with E-state index in [0.717, 1.165) is 19.0 Å². The van der Waals surface area contributed by atoms with E-state index >= 15 is 0 Å². The fourth-order valence-electron chi connectivity index (χ4n) is 2.72. The van der Waals surface area contributed by atoms with Crippen molar-refractivity contribution in [1.29, 1.82) is 0 Å². The van der Waals surface area contributed by atoms with Crippen LogP contribution in [0.25, 0.3) is 0 Å². The molecule has 3 nitrogen and oxygen atoms in total. The van der Waals surface area contributed by atoms with Crippen LogP contribution in [0.2, 0.25) is 0 Å². The average molecular weight is 240 g/mol. The van der Waals surface area contributed by atoms with Gasteiger partial charge in [0.25, 0.3) is 0 Å². The van der Waals surface area contributed by atoms with Crippen molar-refractivity contribution in [3.63, 3.8) is 0 Å². The maximum Gasteiger partial charge on any atom is 0.219 e. The number of piperidine rings is 1. The Hall–Kier alpha value is -0.570. The third kappa shape index (κ3) is 5.07. The number of amides is 1. The Morgan fingerprint density at radius 2 is 1.71 bits per heavy atom. The monoisotopic (exact) mass is 240 g/mol. The van der Waals surface area contributed by atoms with Crippen LogP contribution >= 0.6 is 0 Å². The minimum absolute atomic E-state index is 0.238. The number of carbonyl (C=O) groups excluding carboxylic acids is 1. The minimum atomic E-state index is 0.238. The Morgan fingerprint density at radius 3 is 2.12 bits per heavy atom. The van der Waals surface area contributed by atoms with E-state index in [0.29, 0.717) is 0 Å². The van der Waals surface area contributed by atoms with E-state index in [4.69, 9.17) is 0 Å². The molecule has 1 aliphatic rings. The van der Waals surface area contributed by atoms with Gasteiger partial charge >= 0.3 is 0 Å². The van der Waals surface area contributed by atoms with Gasteiger partial charge in [0.2, 0.25) is 5.91 Å². The highest BCUT2D eigenvalue weighted by Crippen LogP contribution is 2.18. The van der Waals surface area contributed by atoms with E-state index in [1.807, 2.05) is 4.90 Å². The van der Waals surface area contributed by atoms with Crippen LogP contribution in [0.15, 0.2) is 0 Å². The summed E-state index contributed by atoms with van der Waals surface area (Å²) in [6.45, 7) is 11.8. The topological polar surface area (TPSA) is 23.6 Å². The first-order valence-electron chi connectivity index (χ1n) is 7.15. The molecular formula is C14H28N2O. The molecular weight excluding hydrogens is 212 g/mol. The summed E-state index contributed by atoms with van der Waals surface area (Å²) < 4.78 is 0.